The molecule has 0 aliphatic heterocycles. The molecule has 0 atom stereocenters. The van der Waals surface area contributed by atoms with E-state index in [0.29, 0.717) is 5.88 Å². The summed E-state index contributed by atoms with van der Waals surface area (Å²) in [6.07, 6.45) is 3.83. The maximum atomic E-state index is 5.14. The summed E-state index contributed by atoms with van der Waals surface area (Å²) in [5.41, 5.74) is 4.73. The van der Waals surface area contributed by atoms with Crippen molar-refractivity contribution in [1.82, 2.24) is 19.7 Å². The van der Waals surface area contributed by atoms with Crippen molar-refractivity contribution in [3.63, 3.8) is 0 Å². The molecule has 5 heteroatoms. The van der Waals surface area contributed by atoms with Crippen LogP contribution in [0.2, 0.25) is 0 Å². The highest BCUT2D eigenvalue weighted by Crippen LogP contribution is 2.25. The van der Waals surface area contributed by atoms with Crippen molar-refractivity contribution in [3.05, 3.63) is 36.3 Å². The van der Waals surface area contributed by atoms with Crippen LogP contribution in [-0.2, 0) is 7.05 Å². The first-order valence-electron chi connectivity index (χ1n) is 5.99. The molecule has 3 aromatic heterocycles. The molecule has 0 bridgehead atoms. The molecule has 0 spiro atoms. The molecule has 3 rings (SSSR count). The predicted octanol–water partition coefficient (Wildman–Crippen LogP) is 2.35. The first kappa shape index (κ1) is 11.6. The van der Waals surface area contributed by atoms with Crippen LogP contribution in [0.5, 0.6) is 5.88 Å². The van der Waals surface area contributed by atoms with Crippen LogP contribution in [0.25, 0.3) is 22.2 Å². The topological polar surface area (TPSA) is 52.8 Å². The summed E-state index contributed by atoms with van der Waals surface area (Å²) in [6, 6.07) is 5.72. The third-order valence-corrected chi connectivity index (χ3v) is 3.05. The van der Waals surface area contributed by atoms with Crippen molar-refractivity contribution in [2.75, 3.05) is 7.11 Å². The van der Waals surface area contributed by atoms with Crippen molar-refractivity contribution in [2.45, 2.75) is 6.92 Å². The van der Waals surface area contributed by atoms with Gasteiger partial charge in [0.05, 0.1) is 23.8 Å². The number of nitrogens with zero attached hydrogens (tertiary/aromatic N) is 4. The van der Waals surface area contributed by atoms with E-state index in [0.717, 1.165) is 27.9 Å². The second-order valence-corrected chi connectivity index (χ2v) is 4.42. The molecule has 0 saturated carbocycles. The lowest BCUT2D eigenvalue weighted by Crippen LogP contribution is -1.90. The van der Waals surface area contributed by atoms with Crippen molar-refractivity contribution in [3.8, 4) is 17.0 Å². The lowest BCUT2D eigenvalue weighted by Gasteiger charge is -2.03. The monoisotopic (exact) mass is 254 g/mol. The van der Waals surface area contributed by atoms with Gasteiger partial charge in [-0.25, -0.2) is 4.98 Å². The lowest BCUT2D eigenvalue weighted by molar-refractivity contribution is 0.399. The van der Waals surface area contributed by atoms with Crippen molar-refractivity contribution in [2.24, 2.45) is 7.05 Å². The molecule has 0 aliphatic rings. The first-order valence-corrected chi connectivity index (χ1v) is 5.99. The zero-order valence-electron chi connectivity index (χ0n) is 11.1. The molecule has 0 saturated heterocycles. The van der Waals surface area contributed by atoms with Gasteiger partial charge in [0.25, 0.3) is 0 Å². The summed E-state index contributed by atoms with van der Waals surface area (Å²) >= 11 is 0. The van der Waals surface area contributed by atoms with E-state index in [9.17, 15) is 0 Å². The van der Waals surface area contributed by atoms with E-state index in [1.165, 1.54) is 0 Å². The fourth-order valence-corrected chi connectivity index (χ4v) is 2.13. The summed E-state index contributed by atoms with van der Waals surface area (Å²) in [5.74, 6) is 0.592. The van der Waals surface area contributed by atoms with Crippen LogP contribution in [-0.4, -0.2) is 26.9 Å². The molecule has 0 aliphatic carbocycles. The van der Waals surface area contributed by atoms with Gasteiger partial charge in [-0.3, -0.25) is 9.67 Å². The van der Waals surface area contributed by atoms with Gasteiger partial charge in [0.1, 0.15) is 0 Å². The van der Waals surface area contributed by atoms with Crippen LogP contribution < -0.4 is 4.74 Å². The lowest BCUT2D eigenvalue weighted by atomic mass is 10.1. The first-order chi connectivity index (χ1) is 9.17. The Bertz CT molecular complexity index is 748. The second kappa shape index (κ2) is 4.35. The number of aryl methyl sites for hydroxylation is 2. The van der Waals surface area contributed by atoms with Gasteiger partial charge in [0.2, 0.25) is 5.88 Å². The fourth-order valence-electron chi connectivity index (χ4n) is 2.13. The van der Waals surface area contributed by atoms with E-state index in [1.54, 1.807) is 11.8 Å². The number of aromatic nitrogens is 4. The maximum Gasteiger partial charge on any atom is 0.213 e. The van der Waals surface area contributed by atoms with Crippen molar-refractivity contribution in [1.29, 1.82) is 0 Å². The molecule has 0 radical (unpaired) electrons. The average Bonchev–Trinajstić information content (AvgIpc) is 2.76. The standard InChI is InChI=1S/C14H14N4O/c1-9-11(8-18(2)17-9)10-6-13-12(15-7-10)4-5-14(16-13)19-3/h4-8H,1-3H3. The molecule has 0 unspecified atom stereocenters. The minimum Gasteiger partial charge on any atom is -0.481 e. The van der Waals surface area contributed by atoms with Crippen molar-refractivity contribution < 1.29 is 4.74 Å². The van der Waals surface area contributed by atoms with Gasteiger partial charge in [-0.1, -0.05) is 0 Å². The Morgan fingerprint density at radius 1 is 1.21 bits per heavy atom. The Labute approximate surface area is 110 Å². The quantitative estimate of drug-likeness (QED) is 0.704. The van der Waals surface area contributed by atoms with Gasteiger partial charge < -0.3 is 4.74 Å². The zero-order valence-corrected chi connectivity index (χ0v) is 11.1. The predicted molar refractivity (Wildman–Crippen MR) is 73.0 cm³/mol. The summed E-state index contributed by atoms with van der Waals surface area (Å²) < 4.78 is 6.94. The molecular formula is C14H14N4O. The minimum absolute atomic E-state index is 0.592. The van der Waals surface area contributed by atoms with Crippen LogP contribution in [0.3, 0.4) is 0 Å². The highest BCUT2D eigenvalue weighted by molar-refractivity contribution is 5.80. The Morgan fingerprint density at radius 2 is 2.05 bits per heavy atom. The number of rotatable bonds is 2. The van der Waals surface area contributed by atoms with Gasteiger partial charge in [0, 0.05) is 36.6 Å². The maximum absolute atomic E-state index is 5.14. The normalized spacial score (nSPS) is 10.9. The van der Waals surface area contributed by atoms with Crippen molar-refractivity contribution >= 4 is 11.0 Å². The highest BCUT2D eigenvalue weighted by Gasteiger charge is 2.08. The van der Waals surface area contributed by atoms with Crippen LogP contribution in [0.15, 0.2) is 30.6 Å². The highest BCUT2D eigenvalue weighted by atomic mass is 16.5. The van der Waals surface area contributed by atoms with Gasteiger partial charge in [-0.15, -0.1) is 0 Å². The van der Waals surface area contributed by atoms with Gasteiger partial charge in [0.15, 0.2) is 0 Å². The average molecular weight is 254 g/mol. The molecule has 19 heavy (non-hydrogen) atoms. The van der Waals surface area contributed by atoms with Crippen LogP contribution in [0, 0.1) is 6.92 Å². The molecule has 3 heterocycles. The number of methoxy groups -OCH3 is 1. The molecule has 0 amide bonds. The van der Waals surface area contributed by atoms with Crippen LogP contribution >= 0.6 is 0 Å². The molecule has 0 N–H and O–H groups in total. The molecule has 3 aromatic rings. The largest absolute Gasteiger partial charge is 0.481 e. The van der Waals surface area contributed by atoms with Gasteiger partial charge in [-0.05, 0) is 19.1 Å². The molecule has 5 nitrogen and oxygen atoms in total. The summed E-state index contributed by atoms with van der Waals surface area (Å²) in [5, 5.41) is 4.35. The van der Waals surface area contributed by atoms with Crippen LogP contribution in [0.1, 0.15) is 5.69 Å². The number of ether oxygens (including phenoxy) is 1. The Hall–Kier alpha value is -2.43. The third kappa shape index (κ3) is 2.03. The van der Waals surface area contributed by atoms with E-state index in [-0.39, 0.29) is 0 Å². The summed E-state index contributed by atoms with van der Waals surface area (Å²) in [7, 11) is 3.52. The summed E-state index contributed by atoms with van der Waals surface area (Å²) in [6.45, 7) is 1.98. The van der Waals surface area contributed by atoms with E-state index in [2.05, 4.69) is 15.1 Å². The molecular weight excluding hydrogens is 240 g/mol. The zero-order chi connectivity index (χ0) is 13.4. The SMILES string of the molecule is COc1ccc2ncc(-c3cn(C)nc3C)cc2n1. The minimum atomic E-state index is 0.592. The van der Waals surface area contributed by atoms with E-state index >= 15 is 0 Å². The second-order valence-electron chi connectivity index (χ2n) is 4.42. The van der Waals surface area contributed by atoms with Crippen LogP contribution in [0.4, 0.5) is 0 Å². The molecule has 0 aromatic carbocycles. The number of fused-ring (bicyclic) bond motifs is 1. The van der Waals surface area contributed by atoms with E-state index in [4.69, 9.17) is 4.74 Å². The third-order valence-electron chi connectivity index (χ3n) is 3.05. The number of pyridine rings is 2. The van der Waals surface area contributed by atoms with Gasteiger partial charge >= 0.3 is 0 Å². The molecule has 0 fully saturated rings. The number of hydrogen-bond donors (Lipinski definition) is 0. The van der Waals surface area contributed by atoms with E-state index < -0.39 is 0 Å². The Kier molecular flexibility index (Phi) is 2.67. The fraction of sp³-hybridized carbons (Fsp3) is 0.214. The Balaban J connectivity index is 2.17. The number of hydrogen-bond acceptors (Lipinski definition) is 4. The van der Waals surface area contributed by atoms with Gasteiger partial charge in [-0.2, -0.15) is 5.10 Å². The molecule has 96 valence electrons. The smallest absolute Gasteiger partial charge is 0.213 e. The Morgan fingerprint density at radius 3 is 2.74 bits per heavy atom. The van der Waals surface area contributed by atoms with E-state index in [1.807, 2.05) is 44.6 Å². The summed E-state index contributed by atoms with van der Waals surface area (Å²) in [4.78, 5) is 8.83.